The van der Waals surface area contributed by atoms with Crippen molar-refractivity contribution >= 4 is 45.7 Å². The first kappa shape index (κ1) is 29.4. The van der Waals surface area contributed by atoms with E-state index in [4.69, 9.17) is 21.4 Å². The third-order valence-corrected chi connectivity index (χ3v) is 9.59. The molecule has 2 heterocycles. The molecule has 1 aliphatic rings. The summed E-state index contributed by atoms with van der Waals surface area (Å²) in [6.45, 7) is 5.08. The minimum Gasteiger partial charge on any atom is -0.494 e. The monoisotopic (exact) mass is 629 g/mol. The number of ether oxygens (including phenoxy) is 1. The van der Waals surface area contributed by atoms with Crippen molar-refractivity contribution in [3.8, 4) is 22.7 Å². The van der Waals surface area contributed by atoms with Crippen molar-refractivity contribution in [2.45, 2.75) is 42.7 Å². The predicted molar refractivity (Wildman–Crippen MR) is 174 cm³/mol. The van der Waals surface area contributed by atoms with Crippen molar-refractivity contribution in [2.24, 2.45) is 11.8 Å². The molecule has 0 radical (unpaired) electrons. The van der Waals surface area contributed by atoms with Crippen molar-refractivity contribution < 1.29 is 9.53 Å². The molecule has 0 bridgehead atoms. The van der Waals surface area contributed by atoms with Crippen molar-refractivity contribution in [2.75, 3.05) is 11.9 Å². The van der Waals surface area contributed by atoms with Crippen LogP contribution < -0.4 is 10.1 Å². The number of rotatable bonds is 12. The number of nitrogens with one attached hydrogen (secondary N) is 1. The number of benzene rings is 3. The van der Waals surface area contributed by atoms with Crippen LogP contribution in [0.5, 0.6) is 5.75 Å². The molecular weight excluding hydrogens is 598 g/mol. The van der Waals surface area contributed by atoms with E-state index in [0.717, 1.165) is 56.8 Å². The molecule has 0 saturated heterocycles. The zero-order chi connectivity index (χ0) is 29.8. The number of amides is 1. The molecule has 1 N–H and O–H groups in total. The standard InChI is InChI=1S/C33H32ClN5O2S2/c1-21(2)16-17-41-26-14-10-23(11-15-26)30-29(19-39(38-30)25-6-4-3-5-7-25)27-18-28(27)31(40)35-32-36-37-33(43-32)42-20-22-8-12-24(34)13-9-22/h3-15,19,21,27-28H,16-18,20H2,1-2H3,(H,35,36,40). The SMILES string of the molecule is CC(C)CCOc1ccc(-c2nn(-c3ccccc3)cc2C2CC2C(=O)Nc2nnc(SCc3ccc(Cl)cc3)s2)cc1. The van der Waals surface area contributed by atoms with E-state index < -0.39 is 0 Å². The second-order valence-electron chi connectivity index (χ2n) is 11.0. The van der Waals surface area contributed by atoms with Crippen LogP contribution in [-0.2, 0) is 10.5 Å². The molecule has 1 saturated carbocycles. The summed E-state index contributed by atoms with van der Waals surface area (Å²) in [5, 5.41) is 17.7. The summed E-state index contributed by atoms with van der Waals surface area (Å²) in [6, 6.07) is 25.9. The molecule has 2 aromatic heterocycles. The molecule has 1 fully saturated rings. The number of thioether (sulfide) groups is 1. The topological polar surface area (TPSA) is 81.9 Å². The molecule has 2 unspecified atom stereocenters. The van der Waals surface area contributed by atoms with Crippen molar-refractivity contribution in [1.29, 1.82) is 0 Å². The van der Waals surface area contributed by atoms with E-state index in [1.807, 2.05) is 83.5 Å². The van der Waals surface area contributed by atoms with Crippen molar-refractivity contribution in [1.82, 2.24) is 20.0 Å². The molecule has 7 nitrogen and oxygen atoms in total. The summed E-state index contributed by atoms with van der Waals surface area (Å²) in [7, 11) is 0. The molecule has 220 valence electrons. The zero-order valence-corrected chi connectivity index (χ0v) is 26.3. The summed E-state index contributed by atoms with van der Waals surface area (Å²) in [5.74, 6) is 2.08. The second kappa shape index (κ2) is 13.3. The van der Waals surface area contributed by atoms with E-state index in [1.54, 1.807) is 11.8 Å². The van der Waals surface area contributed by atoms with Gasteiger partial charge in [-0.2, -0.15) is 5.10 Å². The van der Waals surface area contributed by atoms with E-state index in [-0.39, 0.29) is 17.7 Å². The average Bonchev–Trinajstić information content (AvgIpc) is 3.48. The van der Waals surface area contributed by atoms with Crippen LogP contribution in [0.3, 0.4) is 0 Å². The number of halogens is 1. The van der Waals surface area contributed by atoms with Crippen LogP contribution in [0, 0.1) is 11.8 Å². The highest BCUT2D eigenvalue weighted by Crippen LogP contribution is 2.51. The van der Waals surface area contributed by atoms with Crippen LogP contribution in [0.15, 0.2) is 89.4 Å². The van der Waals surface area contributed by atoms with E-state index in [2.05, 4.69) is 35.6 Å². The molecule has 1 amide bonds. The summed E-state index contributed by atoms with van der Waals surface area (Å²) >= 11 is 8.96. The first-order chi connectivity index (χ1) is 20.9. The van der Waals surface area contributed by atoms with Crippen molar-refractivity contribution in [3.63, 3.8) is 0 Å². The van der Waals surface area contributed by atoms with E-state index in [0.29, 0.717) is 22.7 Å². The van der Waals surface area contributed by atoms with E-state index in [9.17, 15) is 4.79 Å². The van der Waals surface area contributed by atoms with Crippen LogP contribution in [0.1, 0.15) is 43.7 Å². The lowest BCUT2D eigenvalue weighted by molar-refractivity contribution is -0.117. The molecule has 10 heteroatoms. The maximum Gasteiger partial charge on any atom is 0.229 e. The van der Waals surface area contributed by atoms with Gasteiger partial charge in [-0.15, -0.1) is 10.2 Å². The van der Waals surface area contributed by atoms with Gasteiger partial charge < -0.3 is 10.1 Å². The molecule has 6 rings (SSSR count). The normalized spacial score (nSPS) is 15.9. The second-order valence-corrected chi connectivity index (χ2v) is 13.6. The Hall–Kier alpha value is -3.66. The molecule has 0 aliphatic heterocycles. The Bertz CT molecular complexity index is 1670. The summed E-state index contributed by atoms with van der Waals surface area (Å²) in [6.07, 6.45) is 3.83. The van der Waals surface area contributed by atoms with E-state index in [1.165, 1.54) is 11.3 Å². The fraction of sp³-hybridized carbons (Fsp3) is 0.273. The molecule has 0 spiro atoms. The molecule has 3 aromatic carbocycles. The van der Waals surface area contributed by atoms with Crippen LogP contribution in [0.2, 0.25) is 5.02 Å². The maximum atomic E-state index is 13.3. The number of hydrogen-bond acceptors (Lipinski definition) is 7. The Balaban J connectivity index is 1.14. The van der Waals surface area contributed by atoms with Gasteiger partial charge in [-0.1, -0.05) is 78.9 Å². The predicted octanol–water partition coefficient (Wildman–Crippen LogP) is 8.50. The van der Waals surface area contributed by atoms with Crippen LogP contribution in [0.25, 0.3) is 16.9 Å². The highest BCUT2D eigenvalue weighted by molar-refractivity contribution is 8.00. The average molecular weight is 630 g/mol. The smallest absolute Gasteiger partial charge is 0.229 e. The number of carbonyl (C=O) groups is 1. The molecule has 2 atom stereocenters. The van der Waals surface area contributed by atoms with Crippen LogP contribution in [-0.4, -0.2) is 32.5 Å². The first-order valence-corrected chi connectivity index (χ1v) is 16.5. The summed E-state index contributed by atoms with van der Waals surface area (Å²) in [5.41, 5.74) is 5.07. The molecule has 43 heavy (non-hydrogen) atoms. The third-order valence-electron chi connectivity index (χ3n) is 7.29. The van der Waals surface area contributed by atoms with Crippen LogP contribution >= 0.6 is 34.7 Å². The number of nitrogens with zero attached hydrogens (tertiary/aromatic N) is 4. The van der Waals surface area contributed by atoms with Gasteiger partial charge in [0, 0.05) is 39.9 Å². The zero-order valence-electron chi connectivity index (χ0n) is 23.9. The number of aromatic nitrogens is 4. The van der Waals surface area contributed by atoms with Gasteiger partial charge in [0.05, 0.1) is 18.0 Å². The highest BCUT2D eigenvalue weighted by Gasteiger charge is 2.46. The molecule has 5 aromatic rings. The molecular formula is C33H32ClN5O2S2. The van der Waals surface area contributed by atoms with Gasteiger partial charge in [0.1, 0.15) is 5.75 Å². The first-order valence-electron chi connectivity index (χ1n) is 14.3. The van der Waals surface area contributed by atoms with Gasteiger partial charge in [0.15, 0.2) is 4.34 Å². The minimum atomic E-state index is -0.153. The van der Waals surface area contributed by atoms with Gasteiger partial charge in [-0.25, -0.2) is 4.68 Å². The largest absolute Gasteiger partial charge is 0.494 e. The van der Waals surface area contributed by atoms with Gasteiger partial charge in [-0.05, 0) is 72.9 Å². The fourth-order valence-electron chi connectivity index (χ4n) is 4.79. The lowest BCUT2D eigenvalue weighted by atomic mass is 10.0. The Morgan fingerprint density at radius 3 is 2.58 bits per heavy atom. The lowest BCUT2D eigenvalue weighted by Gasteiger charge is -2.09. The number of carbonyl (C=O) groups excluding carboxylic acids is 1. The minimum absolute atomic E-state index is 0.0392. The summed E-state index contributed by atoms with van der Waals surface area (Å²) in [4.78, 5) is 13.3. The lowest BCUT2D eigenvalue weighted by Crippen LogP contribution is -2.14. The number of para-hydroxylation sites is 1. The summed E-state index contributed by atoms with van der Waals surface area (Å²) < 4.78 is 8.64. The highest BCUT2D eigenvalue weighted by atomic mass is 35.5. The Morgan fingerprint density at radius 2 is 1.84 bits per heavy atom. The van der Waals surface area contributed by atoms with E-state index >= 15 is 0 Å². The molecule has 1 aliphatic carbocycles. The van der Waals surface area contributed by atoms with Gasteiger partial charge in [-0.3, -0.25) is 4.79 Å². The number of hydrogen-bond donors (Lipinski definition) is 1. The number of anilines is 1. The van der Waals surface area contributed by atoms with Gasteiger partial charge >= 0.3 is 0 Å². The van der Waals surface area contributed by atoms with Crippen molar-refractivity contribution in [3.05, 3.63) is 101 Å². The van der Waals surface area contributed by atoms with Crippen LogP contribution in [0.4, 0.5) is 5.13 Å². The Labute approximate surface area is 264 Å². The maximum absolute atomic E-state index is 13.3. The quantitative estimate of drug-likeness (QED) is 0.110. The van der Waals surface area contributed by atoms with Gasteiger partial charge in [0.2, 0.25) is 11.0 Å². The Morgan fingerprint density at radius 1 is 1.07 bits per heavy atom. The fourth-order valence-corrected chi connectivity index (χ4v) is 6.63. The third kappa shape index (κ3) is 7.47. The Kier molecular flexibility index (Phi) is 9.11. The van der Waals surface area contributed by atoms with Gasteiger partial charge in [0.25, 0.3) is 0 Å².